The van der Waals surface area contributed by atoms with Crippen LogP contribution in [0.3, 0.4) is 0 Å². The Bertz CT molecular complexity index is 1640. The summed E-state index contributed by atoms with van der Waals surface area (Å²) in [5.74, 6) is 0. The van der Waals surface area contributed by atoms with Gasteiger partial charge in [-0.3, -0.25) is 14.1 Å². The molecule has 0 unspecified atom stereocenters. The van der Waals surface area contributed by atoms with Gasteiger partial charge in [0.2, 0.25) is 0 Å². The first-order valence-electron chi connectivity index (χ1n) is 11.4. The molecule has 0 radical (unpaired) electrons. The Morgan fingerprint density at radius 1 is 0.757 bits per heavy atom. The molecule has 194 valence electrons. The topological polar surface area (TPSA) is 133 Å². The smallest absolute Gasteiger partial charge is 0.294 e. The fraction of sp³-hybridized carbons (Fsp3) is 0.222. The molecule has 0 saturated heterocycles. The molecule has 0 fully saturated rings. The zero-order valence-corrected chi connectivity index (χ0v) is 22.4. The molecule has 37 heavy (non-hydrogen) atoms. The Kier molecular flexibility index (Phi) is 6.66. The lowest BCUT2D eigenvalue weighted by molar-refractivity contribution is 0.480. The molecule has 0 bridgehead atoms. The number of rotatable bonds is 6. The monoisotopic (exact) mass is 540 g/mol. The molecule has 2 heterocycles. The minimum absolute atomic E-state index is 0.135. The Labute approximate surface area is 217 Å². The van der Waals surface area contributed by atoms with Crippen molar-refractivity contribution in [1.29, 1.82) is 0 Å². The van der Waals surface area contributed by atoms with Gasteiger partial charge < -0.3 is 5.32 Å². The van der Waals surface area contributed by atoms with E-state index in [1.807, 2.05) is 70.2 Å². The van der Waals surface area contributed by atoms with Crippen LogP contribution in [0.15, 0.2) is 99.4 Å². The van der Waals surface area contributed by atoms with Crippen molar-refractivity contribution >= 4 is 37.3 Å². The van der Waals surface area contributed by atoms with Crippen molar-refractivity contribution in [2.45, 2.75) is 48.3 Å². The Morgan fingerprint density at radius 2 is 1.32 bits per heavy atom. The van der Waals surface area contributed by atoms with Gasteiger partial charge in [-0.05, 0) is 59.7 Å². The van der Waals surface area contributed by atoms with Crippen molar-refractivity contribution in [1.82, 2.24) is 0 Å². The zero-order valence-electron chi connectivity index (χ0n) is 20.8. The predicted molar refractivity (Wildman–Crippen MR) is 145 cm³/mol. The average Bonchev–Trinajstić information content (AvgIpc) is 3.20. The standard InChI is InChI=1S/C27H28N2O6S2/c1-26(2)20-16-18(36(30,31)32)12-14-22(20)28-24(26)10-8-6-5-7-9-11-25-27(3,4)21-17-19(37(33,34)35)13-15-23(21)29-25/h5-17,28H,1-4H3,(H,30,31,32)(H,33,34,35). The summed E-state index contributed by atoms with van der Waals surface area (Å²) in [7, 11) is -8.57. The second-order valence-corrected chi connectivity index (χ2v) is 12.8. The summed E-state index contributed by atoms with van der Waals surface area (Å²) in [6.07, 6.45) is 13.0. The summed E-state index contributed by atoms with van der Waals surface area (Å²) in [5.41, 5.74) is 3.64. The van der Waals surface area contributed by atoms with E-state index in [1.54, 1.807) is 12.1 Å². The number of nitrogens with one attached hydrogen (secondary N) is 1. The Hall–Kier alpha value is -3.31. The van der Waals surface area contributed by atoms with Crippen LogP contribution in [0.25, 0.3) is 0 Å². The van der Waals surface area contributed by atoms with E-state index in [0.717, 1.165) is 28.2 Å². The number of hydrogen-bond donors (Lipinski definition) is 3. The first-order valence-corrected chi connectivity index (χ1v) is 14.3. The van der Waals surface area contributed by atoms with Crippen LogP contribution in [0.5, 0.6) is 0 Å². The predicted octanol–water partition coefficient (Wildman–Crippen LogP) is 5.50. The molecule has 0 aromatic heterocycles. The second kappa shape index (κ2) is 9.21. The number of benzene rings is 2. The van der Waals surface area contributed by atoms with Crippen molar-refractivity contribution in [2.75, 3.05) is 5.32 Å². The molecule has 4 rings (SSSR count). The zero-order chi connectivity index (χ0) is 27.2. The summed E-state index contributed by atoms with van der Waals surface area (Å²) in [5, 5.41) is 3.30. The number of allylic oxidation sites excluding steroid dienone is 8. The van der Waals surface area contributed by atoms with Crippen LogP contribution in [0.2, 0.25) is 0 Å². The van der Waals surface area contributed by atoms with E-state index in [0.29, 0.717) is 5.69 Å². The number of fused-ring (bicyclic) bond motifs is 2. The summed E-state index contributed by atoms with van der Waals surface area (Å²) in [4.78, 5) is 4.31. The third kappa shape index (κ3) is 5.24. The molecule has 8 nitrogen and oxygen atoms in total. The molecular weight excluding hydrogens is 512 g/mol. The van der Waals surface area contributed by atoms with E-state index in [1.165, 1.54) is 24.3 Å². The first kappa shape index (κ1) is 26.7. The largest absolute Gasteiger partial charge is 0.358 e. The summed E-state index contributed by atoms with van der Waals surface area (Å²) >= 11 is 0. The van der Waals surface area contributed by atoms with Crippen molar-refractivity contribution in [2.24, 2.45) is 4.99 Å². The molecular formula is C27H28N2O6S2. The molecule has 0 spiro atoms. The maximum atomic E-state index is 11.5. The number of anilines is 1. The van der Waals surface area contributed by atoms with Gasteiger partial charge in [0.1, 0.15) is 0 Å². The van der Waals surface area contributed by atoms with Gasteiger partial charge in [-0.1, -0.05) is 58.1 Å². The fourth-order valence-corrected chi connectivity index (χ4v) is 5.44. The SMILES string of the molecule is CC1(C)C(C=CC=CC=CC=C2Nc3ccc(S(=O)(=O)O)cc3C2(C)C)=Nc2ccc(S(=O)(=O)O)cc21. The molecule has 2 aliphatic heterocycles. The summed E-state index contributed by atoms with van der Waals surface area (Å²) < 4.78 is 64.7. The highest BCUT2D eigenvalue weighted by atomic mass is 32.2. The lowest BCUT2D eigenvalue weighted by Crippen LogP contribution is -2.24. The van der Waals surface area contributed by atoms with Crippen LogP contribution in [-0.4, -0.2) is 31.7 Å². The van der Waals surface area contributed by atoms with Gasteiger partial charge in [0.05, 0.1) is 21.2 Å². The normalized spacial score (nSPS) is 19.5. The summed E-state index contributed by atoms with van der Waals surface area (Å²) in [6.45, 7) is 7.83. The maximum absolute atomic E-state index is 11.5. The van der Waals surface area contributed by atoms with E-state index in [-0.39, 0.29) is 9.79 Å². The highest BCUT2D eigenvalue weighted by Gasteiger charge is 2.36. The van der Waals surface area contributed by atoms with Crippen LogP contribution in [0.1, 0.15) is 38.8 Å². The van der Waals surface area contributed by atoms with Gasteiger partial charge in [-0.2, -0.15) is 16.8 Å². The van der Waals surface area contributed by atoms with Crippen molar-refractivity contribution in [3.05, 3.63) is 95.8 Å². The minimum Gasteiger partial charge on any atom is -0.358 e. The summed E-state index contributed by atoms with van der Waals surface area (Å²) in [6, 6.07) is 8.89. The van der Waals surface area contributed by atoms with Crippen molar-refractivity contribution < 1.29 is 25.9 Å². The molecule has 0 atom stereocenters. The van der Waals surface area contributed by atoms with Crippen LogP contribution >= 0.6 is 0 Å². The molecule has 0 aliphatic carbocycles. The molecule has 2 aromatic rings. The second-order valence-electron chi connectivity index (χ2n) is 9.92. The molecule has 2 aromatic carbocycles. The number of hydrogen-bond acceptors (Lipinski definition) is 6. The fourth-order valence-electron chi connectivity index (χ4n) is 4.42. The minimum atomic E-state index is -4.29. The van der Waals surface area contributed by atoms with E-state index >= 15 is 0 Å². The molecule has 2 aliphatic rings. The highest BCUT2D eigenvalue weighted by Crippen LogP contribution is 2.44. The van der Waals surface area contributed by atoms with Gasteiger partial charge in [0.15, 0.2) is 0 Å². The van der Waals surface area contributed by atoms with Gasteiger partial charge in [0, 0.05) is 22.2 Å². The van der Waals surface area contributed by atoms with Crippen molar-refractivity contribution in [3.8, 4) is 0 Å². The van der Waals surface area contributed by atoms with Gasteiger partial charge in [-0.25, -0.2) is 0 Å². The van der Waals surface area contributed by atoms with Gasteiger partial charge in [-0.15, -0.1) is 0 Å². The lowest BCUT2D eigenvalue weighted by Gasteiger charge is -2.20. The third-order valence-electron chi connectivity index (χ3n) is 6.69. The van der Waals surface area contributed by atoms with E-state index in [9.17, 15) is 25.9 Å². The van der Waals surface area contributed by atoms with Crippen LogP contribution < -0.4 is 5.32 Å². The van der Waals surface area contributed by atoms with E-state index in [2.05, 4.69) is 10.3 Å². The lowest BCUT2D eigenvalue weighted by atomic mass is 9.81. The highest BCUT2D eigenvalue weighted by molar-refractivity contribution is 7.86. The van der Waals surface area contributed by atoms with E-state index in [4.69, 9.17) is 0 Å². The molecule has 0 amide bonds. The quantitative estimate of drug-likeness (QED) is 0.325. The van der Waals surface area contributed by atoms with Crippen molar-refractivity contribution in [3.63, 3.8) is 0 Å². The molecule has 0 saturated carbocycles. The number of nitrogens with zero attached hydrogens (tertiary/aromatic N) is 1. The maximum Gasteiger partial charge on any atom is 0.294 e. The van der Waals surface area contributed by atoms with E-state index < -0.39 is 31.1 Å². The van der Waals surface area contributed by atoms with Crippen LogP contribution in [0, 0.1) is 0 Å². The van der Waals surface area contributed by atoms with Crippen LogP contribution in [0.4, 0.5) is 11.4 Å². The molecule has 3 N–H and O–H groups in total. The third-order valence-corrected chi connectivity index (χ3v) is 8.39. The number of aliphatic imine (C=N–C) groups is 1. The molecule has 10 heteroatoms. The van der Waals surface area contributed by atoms with Gasteiger partial charge >= 0.3 is 0 Å². The Balaban J connectivity index is 1.44. The first-order chi connectivity index (χ1) is 17.1. The average molecular weight is 541 g/mol. The van der Waals surface area contributed by atoms with Gasteiger partial charge in [0.25, 0.3) is 20.2 Å². The Morgan fingerprint density at radius 3 is 1.97 bits per heavy atom. The van der Waals surface area contributed by atoms with Crippen LogP contribution in [-0.2, 0) is 31.1 Å².